The highest BCUT2D eigenvalue weighted by Crippen LogP contribution is 2.28. The summed E-state index contributed by atoms with van der Waals surface area (Å²) in [4.78, 5) is 13.1. The van der Waals surface area contributed by atoms with Crippen LogP contribution in [0.5, 0.6) is 0 Å². The van der Waals surface area contributed by atoms with E-state index in [1.807, 2.05) is 62.7 Å². The number of carbonyl (C=O) groups is 1. The molecule has 0 unspecified atom stereocenters. The molecule has 0 saturated carbocycles. The summed E-state index contributed by atoms with van der Waals surface area (Å²) in [6.07, 6.45) is 1.92. The van der Waals surface area contributed by atoms with Gasteiger partial charge in [-0.3, -0.25) is 4.79 Å². The first-order valence-corrected chi connectivity index (χ1v) is 10.1. The van der Waals surface area contributed by atoms with Gasteiger partial charge in [0, 0.05) is 11.3 Å². The minimum Gasteiger partial charge on any atom is -0.267 e. The van der Waals surface area contributed by atoms with Crippen molar-refractivity contribution in [1.82, 2.24) is 9.78 Å². The molecular weight excluding hydrogens is 372 g/mol. The molecule has 30 heavy (non-hydrogen) atoms. The minimum atomic E-state index is -0.117. The normalized spacial score (nSPS) is 15.3. The zero-order chi connectivity index (χ0) is 21.6. The SMILES string of the molecule is CC1=NN(c2ccc(C)cc2)C(=O)/C1=C\c1c(C)nn(-c2ccc(C)c(C)c2)c1C. The van der Waals surface area contributed by atoms with E-state index in [0.717, 1.165) is 33.9 Å². The number of hydrogen-bond acceptors (Lipinski definition) is 3. The summed E-state index contributed by atoms with van der Waals surface area (Å²) in [5, 5.41) is 10.7. The van der Waals surface area contributed by atoms with Crippen molar-refractivity contribution in [3.8, 4) is 5.69 Å². The van der Waals surface area contributed by atoms with Gasteiger partial charge in [-0.05, 0) is 83.0 Å². The number of amides is 1. The first-order valence-electron chi connectivity index (χ1n) is 10.1. The third-order valence-corrected chi connectivity index (χ3v) is 5.71. The molecule has 4 rings (SSSR count). The fourth-order valence-corrected chi connectivity index (χ4v) is 3.66. The molecule has 1 aliphatic heterocycles. The molecule has 0 radical (unpaired) electrons. The Morgan fingerprint density at radius 2 is 1.50 bits per heavy atom. The number of benzene rings is 2. The van der Waals surface area contributed by atoms with E-state index < -0.39 is 0 Å². The van der Waals surface area contributed by atoms with E-state index in [0.29, 0.717) is 11.3 Å². The number of rotatable bonds is 3. The van der Waals surface area contributed by atoms with Crippen molar-refractivity contribution in [3.63, 3.8) is 0 Å². The largest absolute Gasteiger partial charge is 0.280 e. The molecule has 0 bridgehead atoms. The van der Waals surface area contributed by atoms with Gasteiger partial charge in [0.05, 0.1) is 28.4 Å². The van der Waals surface area contributed by atoms with E-state index in [1.54, 1.807) is 0 Å². The molecule has 0 N–H and O–H groups in total. The molecule has 5 heteroatoms. The molecule has 0 spiro atoms. The van der Waals surface area contributed by atoms with Crippen LogP contribution in [-0.4, -0.2) is 21.4 Å². The van der Waals surface area contributed by atoms with Crippen molar-refractivity contribution in [2.75, 3.05) is 5.01 Å². The maximum Gasteiger partial charge on any atom is 0.280 e. The number of hydrazone groups is 1. The number of hydrogen-bond donors (Lipinski definition) is 0. The third kappa shape index (κ3) is 3.36. The predicted molar refractivity (Wildman–Crippen MR) is 122 cm³/mol. The van der Waals surface area contributed by atoms with Gasteiger partial charge >= 0.3 is 0 Å². The second kappa shape index (κ2) is 7.41. The molecule has 0 aliphatic carbocycles. The molecule has 0 fully saturated rings. The van der Waals surface area contributed by atoms with Gasteiger partial charge in [0.2, 0.25) is 0 Å². The standard InChI is InChI=1S/C25H26N4O/c1-15-7-10-21(11-8-15)29-25(30)24(19(5)27-29)14-23-18(4)26-28(20(23)6)22-12-9-16(2)17(3)13-22/h7-14H,1-6H3/b24-14-. The molecule has 1 aromatic heterocycles. The number of nitrogens with zero attached hydrogens (tertiary/aromatic N) is 4. The van der Waals surface area contributed by atoms with Crippen LogP contribution in [0.15, 0.2) is 53.1 Å². The monoisotopic (exact) mass is 398 g/mol. The Kier molecular flexibility index (Phi) is 4.90. The van der Waals surface area contributed by atoms with E-state index in [-0.39, 0.29) is 5.91 Å². The van der Waals surface area contributed by atoms with Crippen molar-refractivity contribution in [2.45, 2.75) is 41.5 Å². The van der Waals surface area contributed by atoms with Crippen molar-refractivity contribution in [2.24, 2.45) is 5.10 Å². The summed E-state index contributed by atoms with van der Waals surface area (Å²) < 4.78 is 1.94. The lowest BCUT2D eigenvalue weighted by Crippen LogP contribution is -2.21. The lowest BCUT2D eigenvalue weighted by molar-refractivity contribution is -0.114. The average molecular weight is 399 g/mol. The van der Waals surface area contributed by atoms with Crippen LogP contribution in [0.3, 0.4) is 0 Å². The van der Waals surface area contributed by atoms with Crippen LogP contribution in [0, 0.1) is 34.6 Å². The topological polar surface area (TPSA) is 50.5 Å². The molecule has 5 nitrogen and oxygen atoms in total. The van der Waals surface area contributed by atoms with E-state index >= 15 is 0 Å². The van der Waals surface area contributed by atoms with Crippen molar-refractivity contribution in [1.29, 1.82) is 0 Å². The van der Waals surface area contributed by atoms with Gasteiger partial charge in [-0.2, -0.15) is 15.2 Å². The average Bonchev–Trinajstić information content (AvgIpc) is 3.15. The third-order valence-electron chi connectivity index (χ3n) is 5.71. The smallest absolute Gasteiger partial charge is 0.267 e. The second-order valence-corrected chi connectivity index (χ2v) is 7.96. The van der Waals surface area contributed by atoms with E-state index in [1.165, 1.54) is 16.1 Å². The zero-order valence-electron chi connectivity index (χ0n) is 18.3. The highest BCUT2D eigenvalue weighted by Gasteiger charge is 2.29. The first-order chi connectivity index (χ1) is 14.3. The van der Waals surface area contributed by atoms with E-state index in [2.05, 4.69) is 37.1 Å². The summed E-state index contributed by atoms with van der Waals surface area (Å²) in [6.45, 7) is 12.1. The van der Waals surface area contributed by atoms with Crippen LogP contribution in [0.1, 0.15) is 40.6 Å². The number of aryl methyl sites for hydroxylation is 4. The summed E-state index contributed by atoms with van der Waals surface area (Å²) in [5.74, 6) is -0.117. The van der Waals surface area contributed by atoms with Crippen LogP contribution in [0.25, 0.3) is 11.8 Å². The van der Waals surface area contributed by atoms with Crippen LogP contribution < -0.4 is 5.01 Å². The highest BCUT2D eigenvalue weighted by molar-refractivity contribution is 6.32. The first kappa shape index (κ1) is 19.8. The Hall–Kier alpha value is -3.47. The van der Waals surface area contributed by atoms with Crippen LogP contribution in [-0.2, 0) is 4.79 Å². The molecule has 1 amide bonds. The Labute approximate surface area is 177 Å². The molecule has 1 aliphatic rings. The van der Waals surface area contributed by atoms with Gasteiger partial charge < -0.3 is 0 Å². The van der Waals surface area contributed by atoms with E-state index in [9.17, 15) is 4.79 Å². The molecule has 152 valence electrons. The number of aromatic nitrogens is 2. The predicted octanol–water partition coefficient (Wildman–Crippen LogP) is 5.22. The zero-order valence-corrected chi connectivity index (χ0v) is 18.3. The molecule has 3 aromatic rings. The van der Waals surface area contributed by atoms with Gasteiger partial charge in [0.15, 0.2) is 0 Å². The quantitative estimate of drug-likeness (QED) is 0.568. The molecule has 0 saturated heterocycles. The molecule has 2 heterocycles. The van der Waals surface area contributed by atoms with Gasteiger partial charge in [-0.15, -0.1) is 0 Å². The molecular formula is C25H26N4O. The van der Waals surface area contributed by atoms with Gasteiger partial charge in [0.25, 0.3) is 5.91 Å². The number of anilines is 1. The molecule has 0 atom stereocenters. The van der Waals surface area contributed by atoms with Crippen LogP contribution in [0.2, 0.25) is 0 Å². The molecule has 2 aromatic carbocycles. The van der Waals surface area contributed by atoms with Crippen molar-refractivity contribution >= 4 is 23.4 Å². The lowest BCUT2D eigenvalue weighted by atomic mass is 10.1. The van der Waals surface area contributed by atoms with Crippen LogP contribution >= 0.6 is 0 Å². The Morgan fingerprint density at radius 3 is 2.17 bits per heavy atom. The minimum absolute atomic E-state index is 0.117. The Bertz CT molecular complexity index is 1210. The Balaban J connectivity index is 1.72. The maximum atomic E-state index is 13.1. The van der Waals surface area contributed by atoms with Crippen LogP contribution in [0.4, 0.5) is 5.69 Å². The summed E-state index contributed by atoms with van der Waals surface area (Å²) in [6, 6.07) is 14.1. The number of carbonyl (C=O) groups excluding carboxylic acids is 1. The highest BCUT2D eigenvalue weighted by atomic mass is 16.2. The second-order valence-electron chi connectivity index (χ2n) is 7.96. The maximum absolute atomic E-state index is 13.1. The lowest BCUT2D eigenvalue weighted by Gasteiger charge is -2.11. The van der Waals surface area contributed by atoms with Gasteiger partial charge in [0.1, 0.15) is 0 Å². The van der Waals surface area contributed by atoms with E-state index in [4.69, 9.17) is 5.10 Å². The van der Waals surface area contributed by atoms with Crippen molar-refractivity contribution < 1.29 is 4.79 Å². The summed E-state index contributed by atoms with van der Waals surface area (Å²) in [5.41, 5.74) is 9.55. The van der Waals surface area contributed by atoms with Gasteiger partial charge in [-0.25, -0.2) is 4.68 Å². The Morgan fingerprint density at radius 1 is 0.833 bits per heavy atom. The fourth-order valence-electron chi connectivity index (χ4n) is 3.66. The van der Waals surface area contributed by atoms with Gasteiger partial charge in [-0.1, -0.05) is 23.8 Å². The fraction of sp³-hybridized carbons (Fsp3) is 0.240. The van der Waals surface area contributed by atoms with Crippen molar-refractivity contribution in [3.05, 3.63) is 81.7 Å². The summed E-state index contributed by atoms with van der Waals surface area (Å²) in [7, 11) is 0. The summed E-state index contributed by atoms with van der Waals surface area (Å²) >= 11 is 0.